The van der Waals surface area contributed by atoms with Crippen molar-refractivity contribution in [1.82, 2.24) is 25.6 Å². The van der Waals surface area contributed by atoms with Crippen LogP contribution in [0.2, 0.25) is 0 Å². The molecular formula is C24H23FN6O3S. The molecule has 0 unspecified atom stereocenters. The van der Waals surface area contributed by atoms with Crippen molar-refractivity contribution in [3.05, 3.63) is 64.9 Å². The molecule has 2 aliphatic heterocycles. The largest absolute Gasteiger partial charge is 0.463 e. The first-order valence-corrected chi connectivity index (χ1v) is 12.1. The van der Waals surface area contributed by atoms with E-state index in [0.717, 1.165) is 44.2 Å². The van der Waals surface area contributed by atoms with Crippen LogP contribution in [0.15, 0.2) is 52.2 Å². The lowest BCUT2D eigenvalue weighted by molar-refractivity contribution is -0.115. The zero-order valence-corrected chi connectivity index (χ0v) is 19.6. The minimum atomic E-state index is -0.405. The number of nitrogens with one attached hydrogen (secondary N) is 2. The van der Waals surface area contributed by atoms with Gasteiger partial charge in [0.25, 0.3) is 11.1 Å². The van der Waals surface area contributed by atoms with Crippen molar-refractivity contribution in [2.24, 2.45) is 5.92 Å². The summed E-state index contributed by atoms with van der Waals surface area (Å²) < 4.78 is 19.6. The van der Waals surface area contributed by atoms with Crippen molar-refractivity contribution in [2.45, 2.75) is 19.4 Å². The number of amides is 2. The van der Waals surface area contributed by atoms with E-state index in [0.29, 0.717) is 46.0 Å². The number of carbonyl (C=O) groups excluding carboxylic acids is 2. The zero-order valence-electron chi connectivity index (χ0n) is 18.7. The van der Waals surface area contributed by atoms with Crippen LogP contribution in [0.25, 0.3) is 17.5 Å². The summed E-state index contributed by atoms with van der Waals surface area (Å²) in [6.07, 6.45) is 7.95. The molecule has 2 amide bonds. The molecule has 0 spiro atoms. The van der Waals surface area contributed by atoms with Gasteiger partial charge in [0.15, 0.2) is 5.76 Å². The molecule has 0 bridgehead atoms. The Morgan fingerprint density at radius 1 is 1.26 bits per heavy atom. The van der Waals surface area contributed by atoms with Crippen LogP contribution < -0.4 is 15.5 Å². The molecule has 180 valence electrons. The van der Waals surface area contributed by atoms with Gasteiger partial charge in [0, 0.05) is 31.4 Å². The first-order valence-electron chi connectivity index (χ1n) is 11.3. The van der Waals surface area contributed by atoms with E-state index in [1.807, 2.05) is 0 Å². The van der Waals surface area contributed by atoms with Crippen molar-refractivity contribution in [3.8, 4) is 11.5 Å². The number of aromatic nitrogens is 3. The number of carbonyl (C=O) groups is 2. The molecule has 5 rings (SSSR count). The van der Waals surface area contributed by atoms with Crippen LogP contribution >= 0.6 is 11.8 Å². The lowest BCUT2D eigenvalue weighted by Crippen LogP contribution is -2.38. The van der Waals surface area contributed by atoms with Crippen molar-refractivity contribution in [3.63, 3.8) is 0 Å². The van der Waals surface area contributed by atoms with Gasteiger partial charge >= 0.3 is 0 Å². The van der Waals surface area contributed by atoms with E-state index < -0.39 is 5.91 Å². The fraction of sp³-hybridized carbons (Fsp3) is 0.292. The summed E-state index contributed by atoms with van der Waals surface area (Å²) in [5, 5.41) is 5.23. The lowest BCUT2D eigenvalue weighted by atomic mass is 9.97. The maximum Gasteiger partial charge on any atom is 0.290 e. The second-order valence-corrected chi connectivity index (χ2v) is 9.35. The fourth-order valence-corrected chi connectivity index (χ4v) is 4.74. The highest BCUT2D eigenvalue weighted by Gasteiger charge is 2.26. The molecule has 2 fully saturated rings. The molecule has 9 nitrogen and oxygen atoms in total. The average Bonchev–Trinajstić information content (AvgIpc) is 3.51. The van der Waals surface area contributed by atoms with Gasteiger partial charge in [-0.15, -0.1) is 0 Å². The highest BCUT2D eigenvalue weighted by molar-refractivity contribution is 8.18. The van der Waals surface area contributed by atoms with E-state index >= 15 is 0 Å². The molecule has 2 N–H and O–H groups in total. The summed E-state index contributed by atoms with van der Waals surface area (Å²) in [5.41, 5.74) is 1.75. The van der Waals surface area contributed by atoms with Gasteiger partial charge in [0.2, 0.25) is 5.95 Å². The molecule has 0 aliphatic carbocycles. The highest BCUT2D eigenvalue weighted by atomic mass is 32.2. The molecule has 35 heavy (non-hydrogen) atoms. The first kappa shape index (κ1) is 23.2. The number of hydrogen-bond donors (Lipinski definition) is 2. The number of furan rings is 1. The molecule has 5 heterocycles. The number of rotatable bonds is 7. The standard InChI is InChI=1S/C24H23FN6O3S/c25-18-14-28-19(20-2-1-9-34-20)10-16(18)13-26-12-15-4-7-31(8-5-15)23-27-6-3-17(29-23)11-21-22(32)30-24(33)35-21/h1-3,6,9-11,14-15,26H,4-5,7-8,12-13H2,(H,30,32,33)/b21-11-. The van der Waals surface area contributed by atoms with Crippen molar-refractivity contribution in [2.75, 3.05) is 24.5 Å². The molecule has 0 atom stereocenters. The molecular weight excluding hydrogens is 471 g/mol. The third-order valence-corrected chi connectivity index (χ3v) is 6.75. The second kappa shape index (κ2) is 10.4. The van der Waals surface area contributed by atoms with Crippen LogP contribution in [-0.4, -0.2) is 45.7 Å². The monoisotopic (exact) mass is 494 g/mol. The molecule has 2 saturated heterocycles. The number of halogens is 1. The minimum absolute atomic E-state index is 0.325. The van der Waals surface area contributed by atoms with Gasteiger partial charge < -0.3 is 14.6 Å². The number of imide groups is 1. The van der Waals surface area contributed by atoms with Gasteiger partial charge in [0.05, 0.1) is 23.1 Å². The number of piperidine rings is 1. The van der Waals surface area contributed by atoms with Crippen molar-refractivity contribution >= 4 is 34.9 Å². The van der Waals surface area contributed by atoms with Crippen LogP contribution in [0.3, 0.4) is 0 Å². The van der Waals surface area contributed by atoms with Crippen LogP contribution in [0.1, 0.15) is 24.1 Å². The quantitative estimate of drug-likeness (QED) is 0.476. The van der Waals surface area contributed by atoms with E-state index in [-0.39, 0.29) is 11.1 Å². The maximum atomic E-state index is 14.2. The van der Waals surface area contributed by atoms with E-state index in [1.54, 1.807) is 42.8 Å². The van der Waals surface area contributed by atoms with Gasteiger partial charge in [-0.05, 0) is 67.4 Å². The second-order valence-electron chi connectivity index (χ2n) is 8.33. The Kier molecular flexibility index (Phi) is 6.87. The number of anilines is 1. The summed E-state index contributed by atoms with van der Waals surface area (Å²) in [5.74, 6) is 0.921. The lowest BCUT2D eigenvalue weighted by Gasteiger charge is -2.32. The molecule has 0 aromatic carbocycles. The van der Waals surface area contributed by atoms with Crippen LogP contribution in [0.4, 0.5) is 15.1 Å². The van der Waals surface area contributed by atoms with E-state index in [2.05, 4.69) is 30.5 Å². The molecule has 0 radical (unpaired) electrons. The third kappa shape index (κ3) is 5.57. The smallest absolute Gasteiger partial charge is 0.290 e. The molecule has 2 aliphatic rings. The van der Waals surface area contributed by atoms with Crippen molar-refractivity contribution in [1.29, 1.82) is 0 Å². The third-order valence-electron chi connectivity index (χ3n) is 5.94. The number of thioether (sulfide) groups is 1. The minimum Gasteiger partial charge on any atom is -0.463 e. The summed E-state index contributed by atoms with van der Waals surface area (Å²) >= 11 is 0.866. The molecule has 3 aromatic heterocycles. The SMILES string of the molecule is O=C1NC(=O)/C(=C/c2ccnc(N3CCC(CNCc4cc(-c5ccco5)ncc4F)CC3)n2)S1. The Bertz CT molecular complexity index is 1260. The van der Waals surface area contributed by atoms with Crippen LogP contribution in [0.5, 0.6) is 0 Å². The van der Waals surface area contributed by atoms with Gasteiger partial charge in [0.1, 0.15) is 11.5 Å². The highest BCUT2D eigenvalue weighted by Crippen LogP contribution is 2.26. The first-order chi connectivity index (χ1) is 17.0. The predicted molar refractivity (Wildman–Crippen MR) is 130 cm³/mol. The summed E-state index contributed by atoms with van der Waals surface area (Å²) in [6, 6.07) is 7.00. The number of hydrogen-bond acceptors (Lipinski definition) is 9. The van der Waals surface area contributed by atoms with E-state index in [4.69, 9.17) is 4.42 Å². The number of nitrogens with zero attached hydrogens (tertiary/aromatic N) is 4. The average molecular weight is 495 g/mol. The normalized spacial score (nSPS) is 17.9. The van der Waals surface area contributed by atoms with Gasteiger partial charge in [-0.2, -0.15) is 0 Å². The van der Waals surface area contributed by atoms with Crippen molar-refractivity contribution < 1.29 is 18.4 Å². The van der Waals surface area contributed by atoms with E-state index in [9.17, 15) is 14.0 Å². The Labute approximate surface area is 205 Å². The van der Waals surface area contributed by atoms with Crippen LogP contribution in [0, 0.1) is 11.7 Å². The molecule has 11 heteroatoms. The Morgan fingerprint density at radius 3 is 2.86 bits per heavy atom. The van der Waals surface area contributed by atoms with Gasteiger partial charge in [-0.3, -0.25) is 14.9 Å². The van der Waals surface area contributed by atoms with Gasteiger partial charge in [-0.1, -0.05) is 0 Å². The molecule has 3 aromatic rings. The fourth-order valence-electron chi connectivity index (χ4n) is 4.07. The Balaban J connectivity index is 1.13. The summed E-state index contributed by atoms with van der Waals surface area (Å²) in [7, 11) is 0. The maximum absolute atomic E-state index is 14.2. The van der Waals surface area contributed by atoms with Crippen LogP contribution in [-0.2, 0) is 11.3 Å². The summed E-state index contributed by atoms with van der Waals surface area (Å²) in [4.78, 5) is 38.6. The van der Waals surface area contributed by atoms with E-state index in [1.165, 1.54) is 6.20 Å². The summed E-state index contributed by atoms with van der Waals surface area (Å²) in [6.45, 7) is 2.79. The Hall–Kier alpha value is -3.57. The Morgan fingerprint density at radius 2 is 2.11 bits per heavy atom. The predicted octanol–water partition coefficient (Wildman–Crippen LogP) is 3.60. The topological polar surface area (TPSA) is 113 Å². The molecule has 0 saturated carbocycles. The number of pyridine rings is 1. The van der Waals surface area contributed by atoms with Gasteiger partial charge in [-0.25, -0.2) is 19.3 Å². The zero-order chi connectivity index (χ0) is 24.2.